The maximum Gasteiger partial charge on any atom is 0.191 e. The number of aliphatic hydroxyl groups excluding tert-OH is 1. The second kappa shape index (κ2) is 10.7. The van der Waals surface area contributed by atoms with Gasteiger partial charge in [-0.25, -0.2) is 0 Å². The highest BCUT2D eigenvalue weighted by molar-refractivity contribution is 6.74. The molecular formula is C34H60O5Si. The van der Waals surface area contributed by atoms with Gasteiger partial charge in [0, 0.05) is 24.9 Å². The summed E-state index contributed by atoms with van der Waals surface area (Å²) in [5.41, 5.74) is 2.15. The first-order valence-corrected chi connectivity index (χ1v) is 19.5. The summed E-state index contributed by atoms with van der Waals surface area (Å²) in [4.78, 5) is 0. The predicted octanol–water partition coefficient (Wildman–Crippen LogP) is 7.76. The molecule has 3 saturated carbocycles. The number of unbranched alkanes of at least 4 members (excludes halogenated alkanes) is 2. The van der Waals surface area contributed by atoms with Crippen molar-refractivity contribution in [1.29, 1.82) is 0 Å². The first kappa shape index (κ1) is 31.2. The molecule has 230 valence electrons. The van der Waals surface area contributed by atoms with E-state index in [2.05, 4.69) is 54.6 Å². The van der Waals surface area contributed by atoms with Crippen molar-refractivity contribution in [3.05, 3.63) is 11.1 Å². The molecule has 40 heavy (non-hydrogen) atoms. The largest absolute Gasteiger partial charge is 0.417 e. The first-order valence-electron chi connectivity index (χ1n) is 16.6. The molecule has 0 bridgehead atoms. The Balaban J connectivity index is 1.31. The zero-order valence-corrected chi connectivity index (χ0v) is 28.0. The minimum atomic E-state index is -1.69. The topological polar surface area (TPSA) is 68.2 Å². The Hall–Kier alpha value is -0.243. The maximum atomic E-state index is 12.3. The van der Waals surface area contributed by atoms with Crippen LogP contribution in [0.4, 0.5) is 0 Å². The summed E-state index contributed by atoms with van der Waals surface area (Å²) in [7, 11) is -1.69. The number of hydrogen-bond acceptors (Lipinski definition) is 5. The van der Waals surface area contributed by atoms with Gasteiger partial charge in [0.05, 0.1) is 24.9 Å². The van der Waals surface area contributed by atoms with E-state index in [0.29, 0.717) is 37.4 Å². The van der Waals surface area contributed by atoms with Gasteiger partial charge in [-0.05, 0) is 98.2 Å². The Morgan fingerprint density at radius 3 is 2.35 bits per heavy atom. The van der Waals surface area contributed by atoms with Crippen LogP contribution in [-0.2, 0) is 13.9 Å². The van der Waals surface area contributed by atoms with Crippen LogP contribution in [0.25, 0.3) is 0 Å². The number of fused-ring (bicyclic) bond motifs is 4. The second-order valence-electron chi connectivity index (χ2n) is 17.0. The third kappa shape index (κ3) is 5.68. The first-order chi connectivity index (χ1) is 18.5. The summed E-state index contributed by atoms with van der Waals surface area (Å²) in [6.45, 7) is 20.6. The lowest BCUT2D eigenvalue weighted by atomic mass is 9.51. The van der Waals surface area contributed by atoms with Crippen LogP contribution in [0, 0.1) is 28.6 Å². The van der Waals surface area contributed by atoms with Crippen molar-refractivity contribution >= 4 is 8.32 Å². The minimum Gasteiger partial charge on any atom is -0.417 e. The molecule has 0 aromatic rings. The number of ether oxygens (including phenoxy) is 2. The lowest BCUT2D eigenvalue weighted by Crippen LogP contribution is -2.57. The predicted molar refractivity (Wildman–Crippen MR) is 164 cm³/mol. The highest BCUT2D eigenvalue weighted by Crippen LogP contribution is 2.64. The van der Waals surface area contributed by atoms with Crippen molar-refractivity contribution in [2.45, 2.75) is 154 Å². The minimum absolute atomic E-state index is 0.0113. The van der Waals surface area contributed by atoms with Crippen LogP contribution in [0.15, 0.2) is 11.1 Å². The van der Waals surface area contributed by atoms with Crippen molar-refractivity contribution in [3.63, 3.8) is 0 Å². The molecule has 0 amide bonds. The third-order valence-corrected chi connectivity index (χ3v) is 16.9. The van der Waals surface area contributed by atoms with Gasteiger partial charge in [0.2, 0.25) is 0 Å². The fraction of sp³-hybridized carbons (Fsp3) is 0.941. The van der Waals surface area contributed by atoms with Crippen LogP contribution in [-0.4, -0.2) is 55.8 Å². The van der Waals surface area contributed by atoms with Crippen molar-refractivity contribution < 1.29 is 24.1 Å². The van der Waals surface area contributed by atoms with E-state index in [4.69, 9.17) is 13.9 Å². The normalized spacial score (nSPS) is 39.1. The maximum absolute atomic E-state index is 12.3. The van der Waals surface area contributed by atoms with Gasteiger partial charge in [0.15, 0.2) is 14.1 Å². The van der Waals surface area contributed by atoms with Gasteiger partial charge in [-0.3, -0.25) is 0 Å². The van der Waals surface area contributed by atoms with Gasteiger partial charge in [0.1, 0.15) is 0 Å². The molecule has 1 heterocycles. The van der Waals surface area contributed by atoms with E-state index in [1.165, 1.54) is 18.4 Å². The zero-order valence-electron chi connectivity index (χ0n) is 27.0. The van der Waals surface area contributed by atoms with Crippen LogP contribution in [0.1, 0.15) is 119 Å². The Bertz CT molecular complexity index is 956. The molecule has 0 radical (unpaired) electrons. The SMILES string of the molecule is CC1(C)COC2(CCC3=C4[C@@H](CCCCCO[Si](C)(C)C(C)(C)C)C[C@]5(C)[C@@H](O)CC[C@H]5[C@@H]4CC[C@@]3(O)C2)OC1. The molecule has 1 aliphatic heterocycles. The van der Waals surface area contributed by atoms with Crippen LogP contribution >= 0.6 is 0 Å². The monoisotopic (exact) mass is 576 g/mol. The molecule has 5 rings (SSSR count). The molecule has 0 aromatic heterocycles. The highest BCUT2D eigenvalue weighted by Gasteiger charge is 2.60. The number of allylic oxidation sites excluding steroid dienone is 1. The lowest BCUT2D eigenvalue weighted by Gasteiger charge is -2.57. The van der Waals surface area contributed by atoms with E-state index >= 15 is 0 Å². The molecule has 0 unspecified atom stereocenters. The van der Waals surface area contributed by atoms with Gasteiger partial charge in [-0.2, -0.15) is 0 Å². The molecule has 6 atom stereocenters. The molecule has 1 saturated heterocycles. The average Bonchev–Trinajstić information content (AvgIpc) is 3.15. The van der Waals surface area contributed by atoms with Gasteiger partial charge in [-0.1, -0.05) is 60.0 Å². The van der Waals surface area contributed by atoms with E-state index < -0.39 is 19.7 Å². The molecule has 5 nitrogen and oxygen atoms in total. The Morgan fingerprint density at radius 1 is 0.975 bits per heavy atom. The molecule has 4 aliphatic carbocycles. The van der Waals surface area contributed by atoms with Crippen molar-refractivity contribution in [2.75, 3.05) is 19.8 Å². The van der Waals surface area contributed by atoms with Gasteiger partial charge >= 0.3 is 0 Å². The highest BCUT2D eigenvalue weighted by atomic mass is 28.4. The lowest BCUT2D eigenvalue weighted by molar-refractivity contribution is -0.322. The molecular weight excluding hydrogens is 516 g/mol. The summed E-state index contributed by atoms with van der Waals surface area (Å²) in [5, 5.41) is 23.7. The molecule has 2 N–H and O–H groups in total. The smallest absolute Gasteiger partial charge is 0.191 e. The van der Waals surface area contributed by atoms with Crippen LogP contribution < -0.4 is 0 Å². The van der Waals surface area contributed by atoms with Crippen molar-refractivity contribution in [3.8, 4) is 0 Å². The summed E-state index contributed by atoms with van der Waals surface area (Å²) in [5.74, 6) is 0.887. The summed E-state index contributed by atoms with van der Waals surface area (Å²) in [6, 6.07) is 0. The third-order valence-electron chi connectivity index (χ3n) is 12.4. The fourth-order valence-electron chi connectivity index (χ4n) is 8.87. The van der Waals surface area contributed by atoms with Gasteiger partial charge in [-0.15, -0.1) is 0 Å². The van der Waals surface area contributed by atoms with E-state index in [0.717, 1.165) is 64.4 Å². The second-order valence-corrected chi connectivity index (χ2v) is 21.8. The molecule has 1 spiro atoms. The number of rotatable bonds is 7. The van der Waals surface area contributed by atoms with E-state index in [1.807, 2.05) is 0 Å². The molecule has 0 aromatic carbocycles. The standard InChI is InChI=1S/C34H60O5Si/c1-30(2,3)40(7,8)39-19-11-9-10-12-24-20-32(6)26(13-14-28(32)35)25-15-17-33(36)21-34(18-16-27(33)29(24)25)37-22-31(4,5)23-38-34/h24-26,28,35-36H,9-23H2,1-8H3/t24-,25-,26-,28-,32-,33+/m0/s1. The van der Waals surface area contributed by atoms with Gasteiger partial charge < -0.3 is 24.1 Å². The van der Waals surface area contributed by atoms with Crippen LogP contribution in [0.3, 0.4) is 0 Å². The quantitative estimate of drug-likeness (QED) is 0.184. The average molecular weight is 577 g/mol. The Morgan fingerprint density at radius 2 is 1.68 bits per heavy atom. The molecule has 4 fully saturated rings. The molecule has 6 heteroatoms. The van der Waals surface area contributed by atoms with Crippen LogP contribution in [0.2, 0.25) is 18.1 Å². The Kier molecular flexibility index (Phi) is 8.37. The number of aliphatic hydroxyl groups is 2. The summed E-state index contributed by atoms with van der Waals surface area (Å²) in [6.07, 6.45) is 11.7. The number of hydrogen-bond donors (Lipinski definition) is 2. The summed E-state index contributed by atoms with van der Waals surface area (Å²) < 4.78 is 19.2. The van der Waals surface area contributed by atoms with E-state index in [1.54, 1.807) is 5.57 Å². The van der Waals surface area contributed by atoms with E-state index in [9.17, 15) is 10.2 Å². The van der Waals surface area contributed by atoms with Crippen molar-refractivity contribution in [2.24, 2.45) is 28.6 Å². The fourth-order valence-corrected chi connectivity index (χ4v) is 9.96. The molecule has 5 aliphatic rings. The van der Waals surface area contributed by atoms with Crippen molar-refractivity contribution in [1.82, 2.24) is 0 Å². The zero-order chi connectivity index (χ0) is 29.2. The van der Waals surface area contributed by atoms with Crippen LogP contribution in [0.5, 0.6) is 0 Å². The summed E-state index contributed by atoms with van der Waals surface area (Å²) >= 11 is 0. The van der Waals surface area contributed by atoms with E-state index in [-0.39, 0.29) is 22.0 Å². The van der Waals surface area contributed by atoms with Gasteiger partial charge in [0.25, 0.3) is 0 Å². The Labute approximate surface area is 245 Å².